The molecule has 1 fully saturated rings. The highest BCUT2D eigenvalue weighted by Crippen LogP contribution is 2.24. The lowest BCUT2D eigenvalue weighted by Crippen LogP contribution is -2.47. The number of benzene rings is 1. The monoisotopic (exact) mass is 394 g/mol. The van der Waals surface area contributed by atoms with Gasteiger partial charge in [-0.05, 0) is 24.1 Å². The van der Waals surface area contributed by atoms with E-state index in [1.807, 2.05) is 6.92 Å². The van der Waals surface area contributed by atoms with E-state index in [2.05, 4.69) is 0 Å². The van der Waals surface area contributed by atoms with Gasteiger partial charge in [0.2, 0.25) is 11.8 Å². The van der Waals surface area contributed by atoms with Crippen LogP contribution in [0, 0.1) is 0 Å². The molecule has 1 N–H and O–H groups in total. The Labute approximate surface area is 163 Å². The third-order valence-electron chi connectivity index (χ3n) is 4.31. The Morgan fingerprint density at radius 2 is 2.00 bits per heavy atom. The summed E-state index contributed by atoms with van der Waals surface area (Å²) in [4.78, 5) is 39.0. The van der Waals surface area contributed by atoms with Crippen molar-refractivity contribution in [2.75, 3.05) is 25.3 Å². The van der Waals surface area contributed by atoms with Crippen LogP contribution >= 0.6 is 11.8 Å². The molecule has 1 aliphatic heterocycles. The van der Waals surface area contributed by atoms with Crippen molar-refractivity contribution in [1.29, 1.82) is 0 Å². The number of carboxylic acid groups (broad SMARTS) is 1. The molecule has 7 nitrogen and oxygen atoms in total. The van der Waals surface area contributed by atoms with E-state index >= 15 is 0 Å². The van der Waals surface area contributed by atoms with Gasteiger partial charge in [-0.15, -0.1) is 11.8 Å². The number of hydrogen-bond donors (Lipinski definition) is 1. The van der Waals surface area contributed by atoms with Crippen LogP contribution in [0.4, 0.5) is 0 Å². The zero-order valence-corrected chi connectivity index (χ0v) is 16.5. The quantitative estimate of drug-likeness (QED) is 0.691. The van der Waals surface area contributed by atoms with Crippen LogP contribution in [0.15, 0.2) is 24.3 Å². The Kier molecular flexibility index (Phi) is 7.97. The van der Waals surface area contributed by atoms with Crippen molar-refractivity contribution in [1.82, 2.24) is 9.80 Å². The lowest BCUT2D eigenvalue weighted by atomic mass is 10.1. The normalized spacial score (nSPS) is 16.2. The molecule has 2 rings (SSSR count). The maximum absolute atomic E-state index is 12.8. The molecule has 1 aliphatic rings. The number of amides is 2. The van der Waals surface area contributed by atoms with Crippen LogP contribution < -0.4 is 4.74 Å². The van der Waals surface area contributed by atoms with Crippen LogP contribution in [0.5, 0.6) is 5.75 Å². The van der Waals surface area contributed by atoms with Gasteiger partial charge in [0.15, 0.2) is 6.61 Å². The summed E-state index contributed by atoms with van der Waals surface area (Å²) in [5, 5.41) is 8.62. The topological polar surface area (TPSA) is 87.2 Å². The molecule has 8 heteroatoms. The minimum Gasteiger partial charge on any atom is -0.482 e. The summed E-state index contributed by atoms with van der Waals surface area (Å²) in [6, 6.07) is 6.57. The fourth-order valence-electron chi connectivity index (χ4n) is 2.81. The first-order chi connectivity index (χ1) is 12.9. The van der Waals surface area contributed by atoms with Gasteiger partial charge < -0.3 is 19.6 Å². The average molecular weight is 394 g/mol. The average Bonchev–Trinajstić information content (AvgIpc) is 3.14. The highest BCUT2D eigenvalue weighted by Gasteiger charge is 2.35. The molecule has 0 spiro atoms. The van der Waals surface area contributed by atoms with Gasteiger partial charge in [0, 0.05) is 25.8 Å². The van der Waals surface area contributed by atoms with Crippen molar-refractivity contribution in [3.63, 3.8) is 0 Å². The van der Waals surface area contributed by atoms with Crippen molar-refractivity contribution < 1.29 is 24.2 Å². The molecule has 1 heterocycles. The zero-order chi connectivity index (χ0) is 19.8. The number of carboxylic acids is 1. The van der Waals surface area contributed by atoms with Crippen LogP contribution in [-0.2, 0) is 20.9 Å². The molecule has 1 saturated heterocycles. The van der Waals surface area contributed by atoms with E-state index in [1.54, 1.807) is 52.9 Å². The summed E-state index contributed by atoms with van der Waals surface area (Å²) in [6.07, 6.45) is 2.28. The van der Waals surface area contributed by atoms with Gasteiger partial charge in [-0.1, -0.05) is 25.5 Å². The van der Waals surface area contributed by atoms with Gasteiger partial charge in [-0.2, -0.15) is 0 Å². The molecule has 0 aromatic heterocycles. The van der Waals surface area contributed by atoms with Crippen molar-refractivity contribution in [3.05, 3.63) is 29.8 Å². The van der Waals surface area contributed by atoms with Gasteiger partial charge in [0.25, 0.3) is 0 Å². The number of nitrogens with zero attached hydrogens (tertiary/aromatic N) is 2. The van der Waals surface area contributed by atoms with Crippen molar-refractivity contribution in [2.45, 2.75) is 38.8 Å². The molecule has 0 saturated carbocycles. The Balaban J connectivity index is 1.92. The summed E-state index contributed by atoms with van der Waals surface area (Å²) in [5.74, 6) is 0.627. The molecular weight excluding hydrogens is 368 g/mol. The maximum Gasteiger partial charge on any atom is 0.341 e. The Hall–Kier alpha value is -2.22. The van der Waals surface area contributed by atoms with Crippen LogP contribution in [0.1, 0.15) is 31.7 Å². The van der Waals surface area contributed by atoms with E-state index in [-0.39, 0.29) is 18.4 Å². The highest BCUT2D eigenvalue weighted by molar-refractivity contribution is 7.99. The number of carbonyl (C=O) groups excluding carboxylic acids is 2. The Bertz CT molecular complexity index is 665. The van der Waals surface area contributed by atoms with Crippen molar-refractivity contribution >= 4 is 29.5 Å². The van der Waals surface area contributed by atoms with E-state index in [0.29, 0.717) is 30.3 Å². The molecule has 1 aromatic carbocycles. The first-order valence-corrected chi connectivity index (χ1v) is 10.1. The zero-order valence-electron chi connectivity index (χ0n) is 15.7. The standard InChI is InChI=1S/C19H26N2O5S/c1-3-4-5-17(22)21-13-27-12-16(21)19(25)20(2)10-14-6-8-15(9-7-14)26-11-18(23)24/h6-9,16H,3-5,10-13H2,1-2H3,(H,23,24). The largest absolute Gasteiger partial charge is 0.482 e. The van der Waals surface area contributed by atoms with Gasteiger partial charge in [0.1, 0.15) is 11.8 Å². The maximum atomic E-state index is 12.8. The molecule has 1 unspecified atom stereocenters. The second-order valence-corrected chi connectivity index (χ2v) is 7.50. The van der Waals surface area contributed by atoms with Crippen LogP contribution in [-0.4, -0.2) is 64.0 Å². The smallest absolute Gasteiger partial charge is 0.341 e. The third-order valence-corrected chi connectivity index (χ3v) is 5.33. The summed E-state index contributed by atoms with van der Waals surface area (Å²) in [7, 11) is 1.73. The second kappa shape index (κ2) is 10.2. The van der Waals surface area contributed by atoms with Gasteiger partial charge in [-0.3, -0.25) is 9.59 Å². The lowest BCUT2D eigenvalue weighted by molar-refractivity contribution is -0.143. The number of ether oxygens (including phenoxy) is 1. The van der Waals surface area contributed by atoms with Crippen molar-refractivity contribution in [3.8, 4) is 5.75 Å². The molecule has 0 aliphatic carbocycles. The predicted molar refractivity (Wildman–Crippen MR) is 104 cm³/mol. The summed E-state index contributed by atoms with van der Waals surface area (Å²) in [6.45, 7) is 2.07. The van der Waals surface area contributed by atoms with Crippen molar-refractivity contribution in [2.24, 2.45) is 0 Å². The molecule has 2 amide bonds. The minimum atomic E-state index is -1.03. The lowest BCUT2D eigenvalue weighted by Gasteiger charge is -2.27. The highest BCUT2D eigenvalue weighted by atomic mass is 32.2. The first kappa shape index (κ1) is 21.1. The molecule has 1 aromatic rings. The Morgan fingerprint density at radius 1 is 1.30 bits per heavy atom. The molecule has 0 bridgehead atoms. The second-order valence-electron chi connectivity index (χ2n) is 6.50. The van der Waals surface area contributed by atoms with E-state index in [1.165, 1.54) is 0 Å². The SMILES string of the molecule is CCCCC(=O)N1CSCC1C(=O)N(C)Cc1ccc(OCC(=O)O)cc1. The fraction of sp³-hybridized carbons (Fsp3) is 0.526. The molecular formula is C19H26N2O5S. The number of aliphatic carboxylic acids is 1. The van der Waals surface area contributed by atoms with E-state index in [4.69, 9.17) is 9.84 Å². The summed E-state index contributed by atoms with van der Waals surface area (Å²) >= 11 is 1.61. The first-order valence-electron chi connectivity index (χ1n) is 8.98. The summed E-state index contributed by atoms with van der Waals surface area (Å²) in [5.41, 5.74) is 0.906. The fourth-order valence-corrected chi connectivity index (χ4v) is 3.98. The molecule has 27 heavy (non-hydrogen) atoms. The van der Waals surface area contributed by atoms with Gasteiger partial charge in [-0.25, -0.2) is 4.79 Å². The van der Waals surface area contributed by atoms with E-state index in [9.17, 15) is 14.4 Å². The van der Waals surface area contributed by atoms with Crippen LogP contribution in [0.25, 0.3) is 0 Å². The van der Waals surface area contributed by atoms with Gasteiger partial charge in [0.05, 0.1) is 5.88 Å². The molecule has 1 atom stereocenters. The van der Waals surface area contributed by atoms with E-state index in [0.717, 1.165) is 18.4 Å². The summed E-state index contributed by atoms with van der Waals surface area (Å²) < 4.78 is 5.10. The number of unbranched alkanes of at least 4 members (excludes halogenated alkanes) is 1. The number of carbonyl (C=O) groups is 3. The van der Waals surface area contributed by atoms with Crippen LogP contribution in [0.2, 0.25) is 0 Å². The number of thioether (sulfide) groups is 1. The number of likely N-dealkylation sites (N-methyl/N-ethyl adjacent to an activating group) is 1. The third kappa shape index (κ3) is 6.16. The number of hydrogen-bond acceptors (Lipinski definition) is 5. The van der Waals surface area contributed by atoms with Gasteiger partial charge >= 0.3 is 5.97 Å². The molecule has 0 radical (unpaired) electrons. The molecule has 148 valence electrons. The Morgan fingerprint density at radius 3 is 2.63 bits per heavy atom. The minimum absolute atomic E-state index is 0.0496. The number of rotatable bonds is 9. The predicted octanol–water partition coefficient (Wildman–Crippen LogP) is 2.20. The van der Waals surface area contributed by atoms with E-state index < -0.39 is 12.0 Å². The van der Waals surface area contributed by atoms with Crippen LogP contribution in [0.3, 0.4) is 0 Å².